The highest BCUT2D eigenvalue weighted by Crippen LogP contribution is 2.06. The summed E-state index contributed by atoms with van der Waals surface area (Å²) in [6, 6.07) is 8.75. The summed E-state index contributed by atoms with van der Waals surface area (Å²) in [4.78, 5) is 22.9. The molecule has 0 fully saturated rings. The van der Waals surface area contributed by atoms with Crippen LogP contribution in [0.1, 0.15) is 26.3 Å². The average molecular weight is 292 g/mol. The molecule has 0 radical (unpaired) electrons. The molecule has 1 aromatic rings. The van der Waals surface area contributed by atoms with Gasteiger partial charge in [0, 0.05) is 6.54 Å². The molecule has 0 atom stereocenters. The molecule has 0 aliphatic rings. The van der Waals surface area contributed by atoms with Crippen LogP contribution in [-0.2, 0) is 11.3 Å². The van der Waals surface area contributed by atoms with Crippen LogP contribution in [0.2, 0.25) is 0 Å². The fourth-order valence-corrected chi connectivity index (χ4v) is 1.37. The minimum absolute atomic E-state index is 0.326. The number of benzene rings is 1. The van der Waals surface area contributed by atoms with E-state index in [0.717, 1.165) is 5.56 Å². The number of amides is 3. The van der Waals surface area contributed by atoms with Crippen molar-refractivity contribution >= 4 is 18.1 Å². The molecule has 114 valence electrons. The number of rotatable bonds is 2. The van der Waals surface area contributed by atoms with E-state index >= 15 is 0 Å². The van der Waals surface area contributed by atoms with E-state index in [9.17, 15) is 9.59 Å². The summed E-state index contributed by atoms with van der Waals surface area (Å²) in [5, 5.41) is 14.3. The van der Waals surface area contributed by atoms with Crippen molar-refractivity contribution in [3.8, 4) is 0 Å². The van der Waals surface area contributed by atoms with Gasteiger partial charge in [0.1, 0.15) is 5.60 Å². The van der Waals surface area contributed by atoms with Gasteiger partial charge < -0.3 is 10.1 Å². The molecule has 1 rings (SSSR count). The SMILES string of the molecule is CC(C)(C)OC(=O)NC(=N)NC(=O)NCc1ccccc1. The molecule has 7 nitrogen and oxygen atoms in total. The molecule has 21 heavy (non-hydrogen) atoms. The molecule has 0 spiro atoms. The van der Waals surface area contributed by atoms with Crippen molar-refractivity contribution in [1.82, 2.24) is 16.0 Å². The van der Waals surface area contributed by atoms with Crippen LogP contribution in [0.5, 0.6) is 0 Å². The van der Waals surface area contributed by atoms with Crippen molar-refractivity contribution in [2.75, 3.05) is 0 Å². The van der Waals surface area contributed by atoms with Crippen molar-refractivity contribution in [3.05, 3.63) is 35.9 Å². The number of hydrogen-bond donors (Lipinski definition) is 4. The molecule has 4 N–H and O–H groups in total. The third-order valence-corrected chi connectivity index (χ3v) is 2.16. The van der Waals surface area contributed by atoms with E-state index in [1.54, 1.807) is 20.8 Å². The van der Waals surface area contributed by atoms with Gasteiger partial charge in [-0.05, 0) is 26.3 Å². The molecular weight excluding hydrogens is 272 g/mol. The van der Waals surface area contributed by atoms with Gasteiger partial charge in [0.2, 0.25) is 5.96 Å². The summed E-state index contributed by atoms with van der Waals surface area (Å²) in [7, 11) is 0. The summed E-state index contributed by atoms with van der Waals surface area (Å²) < 4.78 is 4.96. The van der Waals surface area contributed by atoms with Gasteiger partial charge in [-0.15, -0.1) is 0 Å². The Bertz CT molecular complexity index is 509. The minimum atomic E-state index is -0.796. The van der Waals surface area contributed by atoms with E-state index in [0.29, 0.717) is 6.54 Å². The lowest BCUT2D eigenvalue weighted by Crippen LogP contribution is -2.48. The Morgan fingerprint density at radius 1 is 1.14 bits per heavy atom. The summed E-state index contributed by atoms with van der Waals surface area (Å²) in [6.45, 7) is 5.44. The first-order valence-corrected chi connectivity index (χ1v) is 6.43. The van der Waals surface area contributed by atoms with Crippen LogP contribution in [0, 0.1) is 5.41 Å². The molecule has 0 bridgehead atoms. The highest BCUT2D eigenvalue weighted by atomic mass is 16.6. The minimum Gasteiger partial charge on any atom is -0.444 e. The number of guanidine groups is 1. The van der Waals surface area contributed by atoms with Crippen LogP contribution in [0.4, 0.5) is 9.59 Å². The van der Waals surface area contributed by atoms with Crippen molar-refractivity contribution in [2.45, 2.75) is 32.9 Å². The molecule has 0 unspecified atom stereocenters. The maximum atomic E-state index is 11.5. The fraction of sp³-hybridized carbons (Fsp3) is 0.357. The summed E-state index contributed by atoms with van der Waals surface area (Å²) in [6.07, 6.45) is -0.796. The molecule has 0 aliphatic carbocycles. The smallest absolute Gasteiger partial charge is 0.414 e. The van der Waals surface area contributed by atoms with E-state index in [4.69, 9.17) is 10.1 Å². The van der Waals surface area contributed by atoms with Gasteiger partial charge in [0.15, 0.2) is 0 Å². The summed E-state index contributed by atoms with van der Waals surface area (Å²) in [5.41, 5.74) is 0.263. The van der Waals surface area contributed by atoms with E-state index in [-0.39, 0.29) is 0 Å². The second-order valence-electron chi connectivity index (χ2n) is 5.30. The topological polar surface area (TPSA) is 103 Å². The first kappa shape index (κ1) is 16.5. The standard InChI is InChI=1S/C14H20N4O3/c1-14(2,3)21-13(20)18-11(15)17-12(19)16-9-10-7-5-4-6-8-10/h4-8H,9H2,1-3H3,(H4,15,16,17,18,19,20). The number of carbonyl (C=O) groups is 2. The third-order valence-electron chi connectivity index (χ3n) is 2.16. The van der Waals surface area contributed by atoms with Gasteiger partial charge in [-0.1, -0.05) is 30.3 Å². The largest absolute Gasteiger partial charge is 0.444 e. The maximum Gasteiger partial charge on any atom is 0.414 e. The lowest BCUT2D eigenvalue weighted by atomic mass is 10.2. The average Bonchev–Trinajstić information content (AvgIpc) is 2.35. The summed E-state index contributed by atoms with van der Waals surface area (Å²) in [5.74, 6) is -0.449. The number of ether oxygens (including phenoxy) is 1. The van der Waals surface area contributed by atoms with E-state index < -0.39 is 23.7 Å². The van der Waals surface area contributed by atoms with Gasteiger partial charge in [-0.2, -0.15) is 0 Å². The van der Waals surface area contributed by atoms with Crippen molar-refractivity contribution in [1.29, 1.82) is 5.41 Å². The van der Waals surface area contributed by atoms with Crippen LogP contribution in [0.15, 0.2) is 30.3 Å². The zero-order valence-electron chi connectivity index (χ0n) is 12.3. The van der Waals surface area contributed by atoms with Crippen LogP contribution < -0.4 is 16.0 Å². The lowest BCUT2D eigenvalue weighted by Gasteiger charge is -2.19. The predicted molar refractivity (Wildman–Crippen MR) is 78.9 cm³/mol. The number of urea groups is 1. The van der Waals surface area contributed by atoms with E-state index in [2.05, 4.69) is 16.0 Å². The second kappa shape index (κ2) is 7.28. The van der Waals surface area contributed by atoms with Crippen LogP contribution in [0.25, 0.3) is 0 Å². The Kier molecular flexibility index (Phi) is 5.71. The number of alkyl carbamates (subject to hydrolysis) is 1. The van der Waals surface area contributed by atoms with Gasteiger partial charge >= 0.3 is 12.1 Å². The van der Waals surface area contributed by atoms with E-state index in [1.165, 1.54) is 0 Å². The van der Waals surface area contributed by atoms with Crippen molar-refractivity contribution in [3.63, 3.8) is 0 Å². The quantitative estimate of drug-likeness (QED) is 0.494. The van der Waals surface area contributed by atoms with E-state index in [1.807, 2.05) is 30.3 Å². The maximum absolute atomic E-state index is 11.5. The zero-order valence-corrected chi connectivity index (χ0v) is 12.3. The van der Waals surface area contributed by atoms with Gasteiger partial charge in [0.05, 0.1) is 0 Å². The van der Waals surface area contributed by atoms with Crippen LogP contribution >= 0.6 is 0 Å². The Hall–Kier alpha value is -2.57. The first-order chi connectivity index (χ1) is 9.76. The molecule has 0 saturated heterocycles. The Balaban J connectivity index is 2.31. The molecular formula is C14H20N4O3. The van der Waals surface area contributed by atoms with Crippen LogP contribution in [-0.4, -0.2) is 23.7 Å². The Labute approximate surface area is 123 Å². The van der Waals surface area contributed by atoms with Crippen molar-refractivity contribution in [2.24, 2.45) is 0 Å². The molecule has 0 aliphatic heterocycles. The van der Waals surface area contributed by atoms with Crippen LogP contribution in [0.3, 0.4) is 0 Å². The third kappa shape index (κ3) is 7.56. The van der Waals surface area contributed by atoms with Gasteiger partial charge in [-0.3, -0.25) is 16.0 Å². The number of nitrogens with one attached hydrogen (secondary N) is 4. The highest BCUT2D eigenvalue weighted by molar-refractivity contribution is 6.01. The molecule has 0 saturated carbocycles. The lowest BCUT2D eigenvalue weighted by molar-refractivity contribution is 0.0561. The van der Waals surface area contributed by atoms with Crippen molar-refractivity contribution < 1.29 is 14.3 Å². The highest BCUT2D eigenvalue weighted by Gasteiger charge is 2.17. The molecule has 0 heterocycles. The molecule has 0 aromatic heterocycles. The zero-order chi connectivity index (χ0) is 15.9. The van der Waals surface area contributed by atoms with Gasteiger partial charge in [0.25, 0.3) is 0 Å². The normalized spacial score (nSPS) is 10.4. The molecule has 1 aromatic carbocycles. The first-order valence-electron chi connectivity index (χ1n) is 6.43. The Morgan fingerprint density at radius 3 is 2.33 bits per heavy atom. The number of carbonyl (C=O) groups excluding carboxylic acids is 2. The van der Waals surface area contributed by atoms with Gasteiger partial charge in [-0.25, -0.2) is 9.59 Å². The monoisotopic (exact) mass is 292 g/mol. The Morgan fingerprint density at radius 2 is 1.76 bits per heavy atom. The second-order valence-corrected chi connectivity index (χ2v) is 5.30. The molecule has 7 heteroatoms. The number of hydrogen-bond acceptors (Lipinski definition) is 4. The molecule has 3 amide bonds. The predicted octanol–water partition coefficient (Wildman–Crippen LogP) is 1.95. The summed E-state index contributed by atoms with van der Waals surface area (Å²) >= 11 is 0. The fourth-order valence-electron chi connectivity index (χ4n) is 1.37.